The van der Waals surface area contributed by atoms with Crippen LogP contribution in [0, 0.1) is 5.82 Å². The molecular formula is C12H13ClFN3O. The van der Waals surface area contributed by atoms with E-state index in [4.69, 9.17) is 21.9 Å². The highest BCUT2D eigenvalue weighted by Crippen LogP contribution is 2.23. The summed E-state index contributed by atoms with van der Waals surface area (Å²) in [5.74, 6) is 0.499. The third-order valence-corrected chi connectivity index (χ3v) is 2.69. The van der Waals surface area contributed by atoms with E-state index in [1.165, 1.54) is 12.1 Å². The maximum Gasteiger partial charge on any atom is 0.229 e. The highest BCUT2D eigenvalue weighted by Gasteiger charge is 2.18. The Kier molecular flexibility index (Phi) is 3.63. The highest BCUT2D eigenvalue weighted by molar-refractivity contribution is 6.30. The van der Waals surface area contributed by atoms with Crippen molar-refractivity contribution in [2.45, 2.75) is 25.8 Å². The van der Waals surface area contributed by atoms with Crippen molar-refractivity contribution in [2.24, 2.45) is 5.73 Å². The average Bonchev–Trinajstić information content (AvgIpc) is 2.75. The van der Waals surface area contributed by atoms with Crippen molar-refractivity contribution in [2.75, 3.05) is 0 Å². The van der Waals surface area contributed by atoms with Crippen molar-refractivity contribution in [3.63, 3.8) is 0 Å². The van der Waals surface area contributed by atoms with Crippen LogP contribution >= 0.6 is 11.6 Å². The van der Waals surface area contributed by atoms with Crippen LogP contribution in [0.1, 0.15) is 43.1 Å². The molecule has 0 aliphatic rings. The normalized spacial score (nSPS) is 13.0. The van der Waals surface area contributed by atoms with Crippen LogP contribution in [0.15, 0.2) is 22.7 Å². The zero-order chi connectivity index (χ0) is 13.3. The van der Waals surface area contributed by atoms with Crippen molar-refractivity contribution < 1.29 is 8.91 Å². The van der Waals surface area contributed by atoms with Gasteiger partial charge in [0.15, 0.2) is 5.82 Å². The van der Waals surface area contributed by atoms with Gasteiger partial charge in [-0.2, -0.15) is 4.98 Å². The molecule has 2 rings (SSSR count). The van der Waals surface area contributed by atoms with Crippen LogP contribution in [0.4, 0.5) is 4.39 Å². The third kappa shape index (κ3) is 2.68. The lowest BCUT2D eigenvalue weighted by Crippen LogP contribution is -2.14. The zero-order valence-corrected chi connectivity index (χ0v) is 10.8. The lowest BCUT2D eigenvalue weighted by molar-refractivity contribution is 0.359. The predicted molar refractivity (Wildman–Crippen MR) is 65.8 cm³/mol. The summed E-state index contributed by atoms with van der Waals surface area (Å²) in [7, 11) is 0. The minimum Gasteiger partial charge on any atom is -0.339 e. The number of benzene rings is 1. The lowest BCUT2D eigenvalue weighted by Gasteiger charge is -2.07. The van der Waals surface area contributed by atoms with E-state index >= 15 is 0 Å². The molecule has 6 heteroatoms. The maximum atomic E-state index is 13.2. The van der Waals surface area contributed by atoms with Gasteiger partial charge in [0.1, 0.15) is 5.82 Å². The number of aromatic nitrogens is 2. The molecule has 0 aliphatic carbocycles. The number of nitrogens with zero attached hydrogens (tertiary/aromatic N) is 2. The molecule has 0 saturated heterocycles. The molecule has 0 fully saturated rings. The van der Waals surface area contributed by atoms with Gasteiger partial charge in [0.05, 0.1) is 6.04 Å². The van der Waals surface area contributed by atoms with Gasteiger partial charge in [-0.05, 0) is 23.8 Å². The summed E-state index contributed by atoms with van der Waals surface area (Å²) in [5, 5.41) is 4.08. The van der Waals surface area contributed by atoms with Gasteiger partial charge in [0, 0.05) is 10.9 Å². The van der Waals surface area contributed by atoms with Crippen LogP contribution in [0.3, 0.4) is 0 Å². The van der Waals surface area contributed by atoms with Crippen molar-refractivity contribution in [1.29, 1.82) is 0 Å². The van der Waals surface area contributed by atoms with Gasteiger partial charge in [-0.3, -0.25) is 0 Å². The summed E-state index contributed by atoms with van der Waals surface area (Å²) in [4.78, 5) is 4.18. The van der Waals surface area contributed by atoms with Crippen LogP contribution in [0.5, 0.6) is 0 Å². The first-order valence-electron chi connectivity index (χ1n) is 5.52. The van der Waals surface area contributed by atoms with Crippen molar-refractivity contribution in [1.82, 2.24) is 10.1 Å². The van der Waals surface area contributed by atoms with Crippen LogP contribution in [0.2, 0.25) is 5.02 Å². The van der Waals surface area contributed by atoms with Crippen LogP contribution in [-0.2, 0) is 0 Å². The summed E-state index contributed by atoms with van der Waals surface area (Å²) >= 11 is 5.78. The molecule has 0 aliphatic heterocycles. The Balaban J connectivity index is 2.31. The molecule has 1 aromatic heterocycles. The van der Waals surface area contributed by atoms with E-state index in [9.17, 15) is 4.39 Å². The standard InChI is InChI=1S/C12H13ClFN3O/c1-6(2)12-16-11(17-18-12)10(15)7-3-8(13)5-9(14)4-7/h3-6,10H,15H2,1-2H3. The number of nitrogens with two attached hydrogens (primary N) is 1. The monoisotopic (exact) mass is 269 g/mol. The number of hydrogen-bond donors (Lipinski definition) is 1. The molecular weight excluding hydrogens is 257 g/mol. The first-order chi connectivity index (χ1) is 8.47. The largest absolute Gasteiger partial charge is 0.339 e. The van der Waals surface area contributed by atoms with E-state index in [1.54, 1.807) is 6.07 Å². The van der Waals surface area contributed by atoms with E-state index in [1.807, 2.05) is 13.8 Å². The van der Waals surface area contributed by atoms with Crippen molar-refractivity contribution >= 4 is 11.6 Å². The lowest BCUT2D eigenvalue weighted by atomic mass is 10.1. The number of hydrogen-bond acceptors (Lipinski definition) is 4. The summed E-state index contributed by atoms with van der Waals surface area (Å²) in [6.45, 7) is 3.86. The fourth-order valence-corrected chi connectivity index (χ4v) is 1.74. The van der Waals surface area contributed by atoms with Crippen LogP contribution in [-0.4, -0.2) is 10.1 Å². The van der Waals surface area contributed by atoms with Gasteiger partial charge in [-0.15, -0.1) is 0 Å². The van der Waals surface area contributed by atoms with Crippen molar-refractivity contribution in [3.05, 3.63) is 46.3 Å². The zero-order valence-electron chi connectivity index (χ0n) is 10.0. The average molecular weight is 270 g/mol. The number of rotatable bonds is 3. The van der Waals surface area contributed by atoms with E-state index < -0.39 is 11.9 Å². The Morgan fingerprint density at radius 2 is 2.06 bits per heavy atom. The van der Waals surface area contributed by atoms with Crippen molar-refractivity contribution in [3.8, 4) is 0 Å². The fourth-order valence-electron chi connectivity index (χ4n) is 1.51. The van der Waals surface area contributed by atoms with Gasteiger partial charge in [-0.25, -0.2) is 4.39 Å². The summed E-state index contributed by atoms with van der Waals surface area (Å²) in [6, 6.07) is 3.45. The molecule has 4 nitrogen and oxygen atoms in total. The topological polar surface area (TPSA) is 64.9 Å². The molecule has 1 atom stereocenters. The van der Waals surface area contributed by atoms with E-state index in [0.717, 1.165) is 0 Å². The van der Waals surface area contributed by atoms with Gasteiger partial charge < -0.3 is 10.3 Å². The van der Waals surface area contributed by atoms with Gasteiger partial charge >= 0.3 is 0 Å². The Bertz CT molecular complexity index is 536. The molecule has 0 amide bonds. The second-order valence-electron chi connectivity index (χ2n) is 4.33. The van der Waals surface area contributed by atoms with Gasteiger partial charge in [0.25, 0.3) is 0 Å². The summed E-state index contributed by atoms with van der Waals surface area (Å²) < 4.78 is 18.3. The molecule has 96 valence electrons. The van der Waals surface area contributed by atoms with E-state index in [-0.39, 0.29) is 10.9 Å². The van der Waals surface area contributed by atoms with E-state index in [0.29, 0.717) is 17.3 Å². The van der Waals surface area contributed by atoms with Crippen LogP contribution < -0.4 is 5.73 Å². The Morgan fingerprint density at radius 3 is 2.61 bits per heavy atom. The highest BCUT2D eigenvalue weighted by atomic mass is 35.5. The van der Waals surface area contributed by atoms with Gasteiger partial charge in [-0.1, -0.05) is 30.6 Å². The third-order valence-electron chi connectivity index (χ3n) is 2.47. The SMILES string of the molecule is CC(C)c1nc(C(N)c2cc(F)cc(Cl)c2)no1. The molecule has 0 radical (unpaired) electrons. The predicted octanol–water partition coefficient (Wildman–Crippen LogP) is 3.03. The maximum absolute atomic E-state index is 13.2. The minimum atomic E-state index is -0.658. The second kappa shape index (κ2) is 5.04. The smallest absolute Gasteiger partial charge is 0.229 e. The van der Waals surface area contributed by atoms with Crippen LogP contribution in [0.25, 0.3) is 0 Å². The Hall–Kier alpha value is -1.46. The Labute approximate surface area is 109 Å². The molecule has 0 spiro atoms. The molecule has 0 saturated carbocycles. The molecule has 1 unspecified atom stereocenters. The minimum absolute atomic E-state index is 0.120. The Morgan fingerprint density at radius 1 is 1.33 bits per heavy atom. The molecule has 2 N–H and O–H groups in total. The summed E-state index contributed by atoms with van der Waals surface area (Å²) in [6.07, 6.45) is 0. The molecule has 0 bridgehead atoms. The first-order valence-corrected chi connectivity index (χ1v) is 5.90. The summed E-state index contributed by atoms with van der Waals surface area (Å²) in [5.41, 5.74) is 6.47. The quantitative estimate of drug-likeness (QED) is 0.930. The molecule has 1 aromatic carbocycles. The van der Waals surface area contributed by atoms with E-state index in [2.05, 4.69) is 10.1 Å². The molecule has 2 aromatic rings. The molecule has 18 heavy (non-hydrogen) atoms. The molecule has 1 heterocycles. The first kappa shape index (κ1) is 13.0. The van der Waals surface area contributed by atoms with Gasteiger partial charge in [0.2, 0.25) is 5.89 Å². The fraction of sp³-hybridized carbons (Fsp3) is 0.333. The number of halogens is 2. The second-order valence-corrected chi connectivity index (χ2v) is 4.76.